The summed E-state index contributed by atoms with van der Waals surface area (Å²) in [5, 5.41) is 3.62. The van der Waals surface area contributed by atoms with Gasteiger partial charge in [-0.15, -0.1) is 0 Å². The summed E-state index contributed by atoms with van der Waals surface area (Å²) < 4.78 is 1.89. The second-order valence-corrected chi connectivity index (χ2v) is 8.42. The first-order valence-corrected chi connectivity index (χ1v) is 10.6. The van der Waals surface area contributed by atoms with E-state index in [4.69, 9.17) is 0 Å². The Balaban J connectivity index is 1.47. The number of carbonyl (C=O) groups excluding carboxylic acids is 3. The summed E-state index contributed by atoms with van der Waals surface area (Å²) in [7, 11) is 0. The molecule has 3 aromatic rings. The van der Waals surface area contributed by atoms with E-state index in [0.29, 0.717) is 16.6 Å². The summed E-state index contributed by atoms with van der Waals surface area (Å²) in [6.07, 6.45) is 5.70. The molecule has 1 aliphatic carbocycles. The van der Waals surface area contributed by atoms with Crippen molar-refractivity contribution in [1.29, 1.82) is 0 Å². The summed E-state index contributed by atoms with van der Waals surface area (Å²) in [6, 6.07) is 17.0. The molecule has 1 aliphatic heterocycles. The molecule has 6 nitrogen and oxygen atoms in total. The van der Waals surface area contributed by atoms with E-state index in [0.717, 1.165) is 41.1 Å². The Labute approximate surface area is 177 Å². The predicted octanol–water partition coefficient (Wildman–Crippen LogP) is 4.16. The smallest absolute Gasteiger partial charge is 0.298 e. The van der Waals surface area contributed by atoms with E-state index >= 15 is 0 Å². The largest absolute Gasteiger partial charge is 0.352 e. The lowest BCUT2D eigenvalue weighted by molar-refractivity contribution is -0.121. The van der Waals surface area contributed by atoms with Crippen LogP contribution >= 0.6 is 11.8 Å². The van der Waals surface area contributed by atoms with Gasteiger partial charge >= 0.3 is 0 Å². The molecule has 2 heterocycles. The lowest BCUT2D eigenvalue weighted by Gasteiger charge is -2.11. The third kappa shape index (κ3) is 3.52. The number of hydrogen-bond acceptors (Lipinski definition) is 4. The average Bonchev–Trinajstić information content (AvgIpc) is 3.43. The Bertz CT molecular complexity index is 1190. The fraction of sp³-hybridized carbons (Fsp3) is 0.174. The Hall–Kier alpha value is -3.32. The van der Waals surface area contributed by atoms with Gasteiger partial charge in [0.25, 0.3) is 11.1 Å². The van der Waals surface area contributed by atoms with Crippen molar-refractivity contribution < 1.29 is 14.4 Å². The van der Waals surface area contributed by atoms with Crippen LogP contribution in [0.2, 0.25) is 0 Å². The van der Waals surface area contributed by atoms with Crippen molar-refractivity contribution in [3.8, 4) is 0 Å². The summed E-state index contributed by atoms with van der Waals surface area (Å²) in [6.45, 7) is 0.219. The number of fused-ring (bicyclic) bond motifs is 1. The highest BCUT2D eigenvalue weighted by molar-refractivity contribution is 8.19. The first kappa shape index (κ1) is 18.7. The van der Waals surface area contributed by atoms with E-state index in [1.54, 1.807) is 30.3 Å². The van der Waals surface area contributed by atoms with E-state index in [9.17, 15) is 14.4 Å². The van der Waals surface area contributed by atoms with Crippen molar-refractivity contribution in [3.63, 3.8) is 0 Å². The summed E-state index contributed by atoms with van der Waals surface area (Å²) in [5.74, 6) is -0.353. The zero-order valence-electron chi connectivity index (χ0n) is 16.1. The second kappa shape index (κ2) is 7.50. The molecule has 0 spiro atoms. The SMILES string of the molecule is O=C(Cn1cc(/C=C2\SC(=O)N(c3ccccc3)C2=O)c2ccccc21)NC1CC1. The first-order valence-electron chi connectivity index (χ1n) is 9.80. The molecule has 3 amide bonds. The molecule has 1 aromatic heterocycles. The van der Waals surface area contributed by atoms with Crippen molar-refractivity contribution in [2.45, 2.75) is 25.4 Å². The highest BCUT2D eigenvalue weighted by Crippen LogP contribution is 2.36. The van der Waals surface area contributed by atoms with Gasteiger partial charge in [-0.1, -0.05) is 36.4 Å². The average molecular weight is 417 g/mol. The van der Waals surface area contributed by atoms with Crippen LogP contribution in [0.4, 0.5) is 10.5 Å². The van der Waals surface area contributed by atoms with E-state index < -0.39 is 0 Å². The van der Waals surface area contributed by atoms with Gasteiger partial charge in [0.1, 0.15) is 6.54 Å². The monoisotopic (exact) mass is 417 g/mol. The van der Waals surface area contributed by atoms with Crippen LogP contribution in [0.1, 0.15) is 18.4 Å². The van der Waals surface area contributed by atoms with Crippen LogP contribution in [0.5, 0.6) is 0 Å². The Kier molecular flexibility index (Phi) is 4.67. The quantitative estimate of drug-likeness (QED) is 0.633. The third-order valence-electron chi connectivity index (χ3n) is 5.17. The number of nitrogens with one attached hydrogen (secondary N) is 1. The standard InChI is InChI=1S/C23H19N3O3S/c27-21(24-16-10-11-16)14-25-13-15(18-8-4-5-9-19(18)25)12-20-22(28)26(23(29)30-20)17-6-2-1-3-7-17/h1-9,12-13,16H,10-11,14H2,(H,24,27)/b20-12-. The van der Waals surface area contributed by atoms with Gasteiger partial charge in [0.05, 0.1) is 10.6 Å². The molecule has 1 saturated carbocycles. The number of anilines is 1. The summed E-state index contributed by atoms with van der Waals surface area (Å²) >= 11 is 0.930. The minimum atomic E-state index is -0.334. The van der Waals surface area contributed by atoms with Crippen LogP contribution in [0.15, 0.2) is 65.7 Å². The molecule has 150 valence electrons. The number of benzene rings is 2. The molecule has 2 fully saturated rings. The van der Waals surface area contributed by atoms with Crippen molar-refractivity contribution in [2.75, 3.05) is 4.90 Å². The van der Waals surface area contributed by atoms with E-state index in [1.165, 1.54) is 4.90 Å². The predicted molar refractivity (Wildman–Crippen MR) is 118 cm³/mol. The lowest BCUT2D eigenvalue weighted by atomic mass is 10.1. The van der Waals surface area contributed by atoms with E-state index in [-0.39, 0.29) is 23.6 Å². The maximum Gasteiger partial charge on any atom is 0.298 e. The van der Waals surface area contributed by atoms with E-state index in [2.05, 4.69) is 5.32 Å². The normalized spacial score (nSPS) is 17.9. The molecule has 1 N–H and O–H groups in total. The molecular weight excluding hydrogens is 398 g/mol. The molecule has 0 radical (unpaired) electrons. The number of imide groups is 1. The Morgan fingerprint density at radius 2 is 1.80 bits per heavy atom. The number of thioether (sulfide) groups is 1. The Morgan fingerprint density at radius 3 is 2.57 bits per heavy atom. The van der Waals surface area contributed by atoms with Gasteiger partial charge in [0.15, 0.2) is 0 Å². The fourth-order valence-corrected chi connectivity index (χ4v) is 4.42. The van der Waals surface area contributed by atoms with Crippen molar-refractivity contribution in [3.05, 3.63) is 71.3 Å². The first-order chi connectivity index (χ1) is 14.6. The Morgan fingerprint density at radius 1 is 1.07 bits per heavy atom. The molecule has 2 aromatic carbocycles. The molecule has 2 aliphatic rings. The van der Waals surface area contributed by atoms with Crippen molar-refractivity contribution in [2.24, 2.45) is 0 Å². The van der Waals surface area contributed by atoms with Crippen LogP contribution in [0.3, 0.4) is 0 Å². The zero-order chi connectivity index (χ0) is 20.7. The number of carbonyl (C=O) groups is 3. The molecule has 0 unspecified atom stereocenters. The summed E-state index contributed by atoms with van der Waals surface area (Å²) in [4.78, 5) is 39.3. The van der Waals surface area contributed by atoms with Gasteiger partial charge in [-0.25, -0.2) is 4.90 Å². The minimum Gasteiger partial charge on any atom is -0.352 e. The van der Waals surface area contributed by atoms with Gasteiger partial charge in [0, 0.05) is 28.7 Å². The molecule has 1 saturated heterocycles. The van der Waals surface area contributed by atoms with Crippen molar-refractivity contribution >= 4 is 51.5 Å². The highest BCUT2D eigenvalue weighted by Gasteiger charge is 2.36. The number of aromatic nitrogens is 1. The molecular formula is C23H19N3O3S. The number of hydrogen-bond donors (Lipinski definition) is 1. The molecule has 7 heteroatoms. The number of rotatable bonds is 5. The van der Waals surface area contributed by atoms with Gasteiger partial charge in [0.2, 0.25) is 5.91 Å². The number of nitrogens with zero attached hydrogens (tertiary/aromatic N) is 2. The van der Waals surface area contributed by atoms with Crippen molar-refractivity contribution in [1.82, 2.24) is 9.88 Å². The third-order valence-corrected chi connectivity index (χ3v) is 6.04. The molecule has 0 bridgehead atoms. The molecule has 30 heavy (non-hydrogen) atoms. The number of amides is 3. The lowest BCUT2D eigenvalue weighted by Crippen LogP contribution is -2.29. The minimum absolute atomic E-state index is 0.0193. The van der Waals surface area contributed by atoms with Crippen LogP contribution in [0.25, 0.3) is 17.0 Å². The van der Waals surface area contributed by atoms with Crippen LogP contribution in [0, 0.1) is 0 Å². The van der Waals surface area contributed by atoms with Crippen LogP contribution < -0.4 is 10.2 Å². The fourth-order valence-electron chi connectivity index (χ4n) is 3.59. The van der Waals surface area contributed by atoms with Crippen LogP contribution in [-0.2, 0) is 16.1 Å². The van der Waals surface area contributed by atoms with Gasteiger partial charge < -0.3 is 9.88 Å². The maximum absolute atomic E-state index is 12.9. The molecule has 5 rings (SSSR count). The molecule has 0 atom stereocenters. The van der Waals surface area contributed by atoms with Gasteiger partial charge in [-0.05, 0) is 48.9 Å². The maximum atomic E-state index is 12.9. The highest BCUT2D eigenvalue weighted by atomic mass is 32.2. The topological polar surface area (TPSA) is 71.4 Å². The zero-order valence-corrected chi connectivity index (χ0v) is 16.9. The van der Waals surface area contributed by atoms with E-state index in [1.807, 2.05) is 41.1 Å². The second-order valence-electron chi connectivity index (χ2n) is 7.42. The van der Waals surface area contributed by atoms with Crippen LogP contribution in [-0.4, -0.2) is 27.7 Å². The number of para-hydroxylation sites is 2. The summed E-state index contributed by atoms with van der Waals surface area (Å²) in [5.41, 5.74) is 2.28. The van der Waals surface area contributed by atoms with Gasteiger partial charge in [-0.2, -0.15) is 0 Å². The van der Waals surface area contributed by atoms with Gasteiger partial charge in [-0.3, -0.25) is 14.4 Å².